The molecule has 0 amide bonds. The molecule has 2 rings (SSSR count). The molecule has 112 valence electrons. The molecule has 0 aliphatic carbocycles. The topological polar surface area (TPSA) is 47.3 Å². The second-order valence-corrected chi connectivity index (χ2v) is 6.84. The van der Waals surface area contributed by atoms with Crippen LogP contribution in [0.15, 0.2) is 51.4 Å². The van der Waals surface area contributed by atoms with E-state index in [9.17, 15) is 0 Å². The van der Waals surface area contributed by atoms with Gasteiger partial charge in [-0.3, -0.25) is 5.84 Å². The van der Waals surface area contributed by atoms with Crippen molar-refractivity contribution in [3.63, 3.8) is 0 Å². The molecule has 1 atom stereocenters. The zero-order valence-corrected chi connectivity index (χ0v) is 15.1. The number of hydrazine groups is 1. The fourth-order valence-corrected chi connectivity index (χ4v) is 3.52. The number of rotatable bonds is 5. The molecule has 2 aromatic rings. The van der Waals surface area contributed by atoms with Crippen molar-refractivity contribution < 1.29 is 4.74 Å². The van der Waals surface area contributed by atoms with E-state index in [0.717, 1.165) is 25.8 Å². The minimum atomic E-state index is -0.145. The first-order valence-corrected chi connectivity index (χ1v) is 8.27. The van der Waals surface area contributed by atoms with Crippen LogP contribution in [0.5, 0.6) is 5.75 Å². The molecular formula is C16H18Br2N2O. The van der Waals surface area contributed by atoms with Crippen LogP contribution in [0.1, 0.15) is 31.0 Å². The molecule has 1 unspecified atom stereocenters. The molecule has 0 aromatic heterocycles. The number of hydrogen-bond acceptors (Lipinski definition) is 3. The molecule has 3 N–H and O–H groups in total. The van der Waals surface area contributed by atoms with E-state index in [0.29, 0.717) is 0 Å². The largest absolute Gasteiger partial charge is 0.491 e. The zero-order valence-electron chi connectivity index (χ0n) is 11.9. The van der Waals surface area contributed by atoms with E-state index in [2.05, 4.69) is 37.3 Å². The molecule has 0 fully saturated rings. The summed E-state index contributed by atoms with van der Waals surface area (Å²) in [6.45, 7) is 4.02. The lowest BCUT2D eigenvalue weighted by atomic mass is 9.98. The van der Waals surface area contributed by atoms with Gasteiger partial charge >= 0.3 is 0 Å². The Balaban J connectivity index is 2.46. The monoisotopic (exact) mass is 412 g/mol. The van der Waals surface area contributed by atoms with Crippen LogP contribution in [-0.4, -0.2) is 6.10 Å². The molecule has 0 bridgehead atoms. The highest BCUT2D eigenvalue weighted by atomic mass is 79.9. The Morgan fingerprint density at radius 1 is 1.05 bits per heavy atom. The zero-order chi connectivity index (χ0) is 15.4. The summed E-state index contributed by atoms with van der Waals surface area (Å²) in [5.41, 5.74) is 4.95. The van der Waals surface area contributed by atoms with E-state index in [-0.39, 0.29) is 12.1 Å². The average molecular weight is 414 g/mol. The molecule has 0 aliphatic heterocycles. The Morgan fingerprint density at radius 3 is 2.24 bits per heavy atom. The van der Waals surface area contributed by atoms with E-state index >= 15 is 0 Å². The first-order valence-electron chi connectivity index (χ1n) is 6.69. The summed E-state index contributed by atoms with van der Waals surface area (Å²) >= 11 is 7.02. The predicted octanol–water partition coefficient (Wildman–Crippen LogP) is 4.55. The van der Waals surface area contributed by atoms with Crippen LogP contribution in [0.2, 0.25) is 0 Å². The summed E-state index contributed by atoms with van der Waals surface area (Å²) in [7, 11) is 0. The maximum Gasteiger partial charge on any atom is 0.124 e. The van der Waals surface area contributed by atoms with Gasteiger partial charge in [0.25, 0.3) is 0 Å². The van der Waals surface area contributed by atoms with Crippen LogP contribution < -0.4 is 16.0 Å². The standard InChI is InChI=1S/C16H18Br2N2O/c1-10(2)21-15-6-4-3-5-14(15)16(20-19)11-7-12(17)9-13(18)8-11/h3-10,16,20H,19H2,1-2H3. The average Bonchev–Trinajstić information content (AvgIpc) is 2.40. The summed E-state index contributed by atoms with van der Waals surface area (Å²) in [6, 6.07) is 13.9. The SMILES string of the molecule is CC(C)Oc1ccccc1C(NN)c1cc(Br)cc(Br)c1. The van der Waals surface area contributed by atoms with Crippen LogP contribution in [0.25, 0.3) is 0 Å². The van der Waals surface area contributed by atoms with Crippen molar-refractivity contribution in [2.45, 2.75) is 26.0 Å². The minimum Gasteiger partial charge on any atom is -0.491 e. The Morgan fingerprint density at radius 2 is 1.67 bits per heavy atom. The van der Waals surface area contributed by atoms with Gasteiger partial charge < -0.3 is 4.74 Å². The molecule has 0 aliphatic rings. The van der Waals surface area contributed by atoms with Crippen LogP contribution in [-0.2, 0) is 0 Å². The van der Waals surface area contributed by atoms with Gasteiger partial charge in [0.2, 0.25) is 0 Å². The first-order chi connectivity index (χ1) is 10.0. The summed E-state index contributed by atoms with van der Waals surface area (Å²) in [4.78, 5) is 0. The van der Waals surface area contributed by atoms with Crippen molar-refractivity contribution >= 4 is 31.9 Å². The number of benzene rings is 2. The van der Waals surface area contributed by atoms with Crippen molar-refractivity contribution in [3.8, 4) is 5.75 Å². The third kappa shape index (κ3) is 4.30. The molecule has 5 heteroatoms. The van der Waals surface area contributed by atoms with Crippen molar-refractivity contribution in [2.75, 3.05) is 0 Å². The van der Waals surface area contributed by atoms with Gasteiger partial charge in [0.05, 0.1) is 12.1 Å². The highest BCUT2D eigenvalue weighted by Crippen LogP contribution is 2.32. The summed E-state index contributed by atoms with van der Waals surface area (Å²) in [5.74, 6) is 6.64. The lowest BCUT2D eigenvalue weighted by molar-refractivity contribution is 0.238. The Bertz CT molecular complexity index is 597. The highest BCUT2D eigenvalue weighted by Gasteiger charge is 2.18. The maximum atomic E-state index is 5.89. The quantitative estimate of drug-likeness (QED) is 0.558. The van der Waals surface area contributed by atoms with Crippen molar-refractivity contribution in [3.05, 3.63) is 62.5 Å². The number of nitrogens with one attached hydrogen (secondary N) is 1. The van der Waals surface area contributed by atoms with Crippen LogP contribution >= 0.6 is 31.9 Å². The summed E-state index contributed by atoms with van der Waals surface area (Å²) in [6.07, 6.45) is 0.110. The van der Waals surface area contributed by atoms with Gasteiger partial charge in [0, 0.05) is 14.5 Å². The Labute approximate surface area is 142 Å². The van der Waals surface area contributed by atoms with Crippen molar-refractivity contribution in [1.82, 2.24) is 5.43 Å². The van der Waals surface area contributed by atoms with Gasteiger partial charge in [-0.25, -0.2) is 5.43 Å². The maximum absolute atomic E-state index is 5.89. The van der Waals surface area contributed by atoms with Gasteiger partial charge in [-0.15, -0.1) is 0 Å². The number of nitrogens with two attached hydrogens (primary N) is 1. The Kier molecular flexibility index (Phi) is 5.81. The third-order valence-corrected chi connectivity index (χ3v) is 3.89. The molecule has 0 radical (unpaired) electrons. The van der Waals surface area contributed by atoms with E-state index in [1.807, 2.05) is 56.3 Å². The number of halogens is 2. The smallest absolute Gasteiger partial charge is 0.124 e. The van der Waals surface area contributed by atoms with Crippen LogP contribution in [0.3, 0.4) is 0 Å². The highest BCUT2D eigenvalue weighted by molar-refractivity contribution is 9.11. The lowest BCUT2D eigenvalue weighted by Gasteiger charge is -2.22. The van der Waals surface area contributed by atoms with Gasteiger partial charge in [-0.05, 0) is 43.7 Å². The molecule has 21 heavy (non-hydrogen) atoms. The van der Waals surface area contributed by atoms with E-state index in [1.165, 1.54) is 0 Å². The molecule has 3 nitrogen and oxygen atoms in total. The molecule has 0 saturated heterocycles. The van der Waals surface area contributed by atoms with Gasteiger partial charge in [0.1, 0.15) is 5.75 Å². The number of ether oxygens (including phenoxy) is 1. The Hall–Kier alpha value is -0.880. The van der Waals surface area contributed by atoms with Gasteiger partial charge in [-0.1, -0.05) is 50.1 Å². The molecule has 0 spiro atoms. The molecule has 0 saturated carbocycles. The molecule has 0 heterocycles. The van der Waals surface area contributed by atoms with Gasteiger partial charge in [0.15, 0.2) is 0 Å². The van der Waals surface area contributed by atoms with E-state index < -0.39 is 0 Å². The van der Waals surface area contributed by atoms with Gasteiger partial charge in [-0.2, -0.15) is 0 Å². The normalized spacial score (nSPS) is 12.5. The lowest BCUT2D eigenvalue weighted by Crippen LogP contribution is -2.29. The summed E-state index contributed by atoms with van der Waals surface area (Å²) in [5, 5.41) is 0. The van der Waals surface area contributed by atoms with E-state index in [1.54, 1.807) is 0 Å². The third-order valence-electron chi connectivity index (χ3n) is 2.98. The second-order valence-electron chi connectivity index (χ2n) is 5.01. The minimum absolute atomic E-state index is 0.110. The fourth-order valence-electron chi connectivity index (χ4n) is 2.19. The van der Waals surface area contributed by atoms with Crippen LogP contribution in [0.4, 0.5) is 0 Å². The predicted molar refractivity (Wildman–Crippen MR) is 93.2 cm³/mol. The number of para-hydroxylation sites is 1. The van der Waals surface area contributed by atoms with E-state index in [4.69, 9.17) is 10.6 Å². The van der Waals surface area contributed by atoms with Crippen molar-refractivity contribution in [1.29, 1.82) is 0 Å². The first kappa shape index (κ1) is 16.5. The number of hydrogen-bond donors (Lipinski definition) is 2. The fraction of sp³-hybridized carbons (Fsp3) is 0.250. The molecule has 2 aromatic carbocycles. The summed E-state index contributed by atoms with van der Waals surface area (Å²) < 4.78 is 7.88. The molecular weight excluding hydrogens is 396 g/mol. The van der Waals surface area contributed by atoms with Crippen molar-refractivity contribution in [2.24, 2.45) is 5.84 Å². The van der Waals surface area contributed by atoms with Crippen LogP contribution in [0, 0.1) is 0 Å². The second kappa shape index (κ2) is 7.40.